The van der Waals surface area contributed by atoms with Gasteiger partial charge in [0.05, 0.1) is 30.9 Å². The van der Waals surface area contributed by atoms with Crippen molar-refractivity contribution in [3.05, 3.63) is 46.3 Å². The lowest BCUT2D eigenvalue weighted by molar-refractivity contribution is -0.213. The summed E-state index contributed by atoms with van der Waals surface area (Å²) in [5.41, 5.74) is 0.358. The quantitative estimate of drug-likeness (QED) is 0.118. The van der Waals surface area contributed by atoms with Crippen LogP contribution in [0.1, 0.15) is 45.9 Å². The minimum atomic E-state index is -4.13. The normalized spacial score (nSPS) is 19.7. The van der Waals surface area contributed by atoms with Crippen molar-refractivity contribution in [1.29, 1.82) is 0 Å². The molecule has 1 aromatic carbocycles. The van der Waals surface area contributed by atoms with Crippen LogP contribution in [0.5, 0.6) is 0 Å². The van der Waals surface area contributed by atoms with Gasteiger partial charge in [-0.3, -0.25) is 4.57 Å². The van der Waals surface area contributed by atoms with E-state index in [9.17, 15) is 18.1 Å². The summed E-state index contributed by atoms with van der Waals surface area (Å²) in [5.74, 6) is -1.12. The molecule has 1 aliphatic rings. The van der Waals surface area contributed by atoms with Crippen LogP contribution in [0.3, 0.4) is 0 Å². The fourth-order valence-corrected chi connectivity index (χ4v) is 8.83. The van der Waals surface area contributed by atoms with Crippen LogP contribution in [0, 0.1) is 0 Å². The molecule has 3 heterocycles. The van der Waals surface area contributed by atoms with Crippen molar-refractivity contribution in [1.82, 2.24) is 24.5 Å². The summed E-state index contributed by atoms with van der Waals surface area (Å²) < 4.78 is 64.6. The summed E-state index contributed by atoms with van der Waals surface area (Å²) in [6.07, 6.45) is -0.634. The molecule has 238 valence electrons. The van der Waals surface area contributed by atoms with Gasteiger partial charge in [-0.1, -0.05) is 29.8 Å². The Labute approximate surface area is 259 Å². The third kappa shape index (κ3) is 9.07. The number of anilines is 1. The van der Waals surface area contributed by atoms with Crippen LogP contribution in [-0.4, -0.2) is 76.5 Å². The number of fused-ring (bicyclic) bond motifs is 1. The zero-order valence-electron chi connectivity index (χ0n) is 24.1. The van der Waals surface area contributed by atoms with Gasteiger partial charge in [0.2, 0.25) is 15.3 Å². The van der Waals surface area contributed by atoms with Crippen molar-refractivity contribution in [2.45, 2.75) is 64.9 Å². The Morgan fingerprint density at radius 2 is 1.88 bits per heavy atom. The highest BCUT2D eigenvalue weighted by Gasteiger charge is 2.42. The van der Waals surface area contributed by atoms with Gasteiger partial charge < -0.3 is 28.9 Å². The first-order valence-corrected chi connectivity index (χ1v) is 17.6. The number of hydrogen-bond donors (Lipinski definition) is 3. The number of nitrogens with one attached hydrogen (secondary N) is 2. The lowest BCUT2D eigenvalue weighted by Crippen LogP contribution is -2.42. The monoisotopic (exact) mass is 680 g/mol. The van der Waals surface area contributed by atoms with Crippen LogP contribution in [-0.2, 0) is 39.7 Å². The number of benzene rings is 1. The van der Waals surface area contributed by atoms with Gasteiger partial charge in [0.1, 0.15) is 11.9 Å². The van der Waals surface area contributed by atoms with Crippen molar-refractivity contribution < 1.29 is 36.6 Å². The Morgan fingerprint density at radius 1 is 1.19 bits per heavy atom. The second kappa shape index (κ2) is 14.0. The molecule has 2 aromatic heterocycles. The standard InChI is InChI=1S/C25H35Cl2N6O8PS/c1-5-38-42(35,39-6-2)15-43(36,37)30-14-20-19(41-25(3,4)34)11-21(40-20)33-23-17(13-29-33)22(31-24(27)32-23)28-12-16-9-7-8-10-18(16)26/h7-10,13,19-21,30,34H,5-6,11-12,14-15H2,1-4H3,(H,28,31,32)/t19-,20+,21+/m0/s1. The number of rotatable bonds is 15. The van der Waals surface area contributed by atoms with Gasteiger partial charge in [0, 0.05) is 24.5 Å². The third-order valence-electron chi connectivity index (χ3n) is 6.21. The first-order valence-electron chi connectivity index (χ1n) is 13.5. The molecule has 0 unspecified atom stereocenters. The Hall–Kier alpha value is -1.91. The van der Waals surface area contributed by atoms with Crippen LogP contribution in [0.25, 0.3) is 11.0 Å². The number of nitrogens with zero attached hydrogens (tertiary/aromatic N) is 4. The van der Waals surface area contributed by atoms with Crippen molar-refractivity contribution in [2.24, 2.45) is 0 Å². The van der Waals surface area contributed by atoms with Crippen molar-refractivity contribution >= 4 is 57.7 Å². The van der Waals surface area contributed by atoms with Crippen LogP contribution in [0.15, 0.2) is 30.5 Å². The van der Waals surface area contributed by atoms with E-state index in [2.05, 4.69) is 25.1 Å². The van der Waals surface area contributed by atoms with Gasteiger partial charge >= 0.3 is 7.60 Å². The number of aromatic nitrogens is 4. The minimum absolute atomic E-state index is 0.0182. The molecule has 0 spiro atoms. The fourth-order valence-electron chi connectivity index (χ4n) is 4.56. The molecule has 1 aliphatic heterocycles. The summed E-state index contributed by atoms with van der Waals surface area (Å²) in [5, 5.41) is 19.2. The van der Waals surface area contributed by atoms with Crippen molar-refractivity contribution in [3.8, 4) is 0 Å². The molecule has 3 atom stereocenters. The second-order valence-electron chi connectivity index (χ2n) is 10.1. The summed E-state index contributed by atoms with van der Waals surface area (Å²) in [7, 11) is -8.01. The van der Waals surface area contributed by atoms with E-state index in [-0.39, 0.29) is 31.5 Å². The predicted molar refractivity (Wildman–Crippen MR) is 161 cm³/mol. The highest BCUT2D eigenvalue weighted by Crippen LogP contribution is 2.49. The van der Waals surface area contributed by atoms with Gasteiger partial charge in [0.15, 0.2) is 23.2 Å². The van der Waals surface area contributed by atoms with E-state index in [0.717, 1.165) is 5.56 Å². The lowest BCUT2D eigenvalue weighted by Gasteiger charge is -2.26. The predicted octanol–water partition coefficient (Wildman–Crippen LogP) is 4.29. The highest BCUT2D eigenvalue weighted by atomic mass is 35.5. The topological polar surface area (TPSA) is 176 Å². The number of sulfonamides is 1. The molecule has 0 radical (unpaired) electrons. The van der Waals surface area contributed by atoms with E-state index >= 15 is 0 Å². The molecule has 1 saturated heterocycles. The molecule has 4 rings (SSSR count). The van der Waals surface area contributed by atoms with Gasteiger partial charge in [-0.05, 0) is 50.9 Å². The summed E-state index contributed by atoms with van der Waals surface area (Å²) in [4.78, 5) is 8.65. The largest absolute Gasteiger partial charge is 0.366 e. The molecule has 43 heavy (non-hydrogen) atoms. The number of hydrogen-bond acceptors (Lipinski definition) is 12. The van der Waals surface area contributed by atoms with Gasteiger partial charge in [-0.25, -0.2) is 17.8 Å². The maximum absolute atomic E-state index is 12.8. The van der Waals surface area contributed by atoms with Gasteiger partial charge in [-0.15, -0.1) is 0 Å². The summed E-state index contributed by atoms with van der Waals surface area (Å²) >= 11 is 12.6. The average Bonchev–Trinajstić information content (AvgIpc) is 3.49. The fraction of sp³-hybridized carbons (Fsp3) is 0.560. The van der Waals surface area contributed by atoms with Gasteiger partial charge in [-0.2, -0.15) is 15.1 Å². The maximum Gasteiger partial charge on any atom is 0.347 e. The highest BCUT2D eigenvalue weighted by molar-refractivity contribution is 7.96. The molecule has 0 bridgehead atoms. The molecular formula is C25H35Cl2N6O8PS. The van der Waals surface area contributed by atoms with Gasteiger partial charge in [0.25, 0.3) is 0 Å². The molecule has 1 fully saturated rings. The molecule has 3 aromatic rings. The van der Waals surface area contributed by atoms with Crippen LogP contribution < -0.4 is 10.0 Å². The average molecular weight is 682 g/mol. The zero-order chi connectivity index (χ0) is 31.4. The van der Waals surface area contributed by atoms with E-state index < -0.39 is 47.3 Å². The van der Waals surface area contributed by atoms with Crippen molar-refractivity contribution in [2.75, 3.05) is 30.6 Å². The zero-order valence-corrected chi connectivity index (χ0v) is 27.3. The van der Waals surface area contributed by atoms with Crippen LogP contribution in [0.2, 0.25) is 10.3 Å². The third-order valence-corrected chi connectivity index (χ3v) is 11.3. The lowest BCUT2D eigenvalue weighted by atomic mass is 10.1. The Balaban J connectivity index is 1.54. The van der Waals surface area contributed by atoms with E-state index in [1.165, 1.54) is 18.5 Å². The first-order chi connectivity index (χ1) is 20.2. The molecule has 0 saturated carbocycles. The molecule has 18 heteroatoms. The number of aliphatic hydroxyl groups is 1. The molecule has 0 amide bonds. The van der Waals surface area contributed by atoms with E-state index in [1.807, 2.05) is 18.2 Å². The second-order valence-corrected chi connectivity index (χ2v) is 15.2. The number of halogens is 2. The Morgan fingerprint density at radius 3 is 2.53 bits per heavy atom. The summed E-state index contributed by atoms with van der Waals surface area (Å²) in [6.45, 7) is 6.24. The van der Waals surface area contributed by atoms with Crippen LogP contribution >= 0.6 is 30.8 Å². The molecule has 14 nitrogen and oxygen atoms in total. The molecule has 0 aliphatic carbocycles. The molecule has 3 N–H and O–H groups in total. The van der Waals surface area contributed by atoms with E-state index in [1.54, 1.807) is 26.1 Å². The Bertz CT molecular complexity index is 1560. The smallest absolute Gasteiger partial charge is 0.347 e. The SMILES string of the molecule is CCOP(=O)(CS(=O)(=O)NC[C@H]1O[C@@H](n2ncc3c(NCc4ccccc4Cl)nc(Cl)nc32)C[C@@H]1OC(C)(C)O)OCC. The van der Waals surface area contributed by atoms with E-state index in [0.29, 0.717) is 28.4 Å². The van der Waals surface area contributed by atoms with E-state index in [4.69, 9.17) is 41.7 Å². The minimum Gasteiger partial charge on any atom is -0.366 e. The Kier molecular flexibility index (Phi) is 11.1. The van der Waals surface area contributed by atoms with Crippen molar-refractivity contribution in [3.63, 3.8) is 0 Å². The first kappa shape index (κ1) is 34.0. The number of ether oxygens (including phenoxy) is 2. The van der Waals surface area contributed by atoms with Crippen LogP contribution in [0.4, 0.5) is 5.82 Å². The molecular weight excluding hydrogens is 646 g/mol. The maximum atomic E-state index is 12.8. The summed E-state index contributed by atoms with van der Waals surface area (Å²) in [6, 6.07) is 7.38.